The van der Waals surface area contributed by atoms with Crippen LogP contribution in [0.3, 0.4) is 0 Å². The minimum atomic E-state index is 0. The van der Waals surface area contributed by atoms with Gasteiger partial charge in [0.05, 0.1) is 12.7 Å². The second-order valence-electron chi connectivity index (χ2n) is 6.74. The second kappa shape index (κ2) is 10.2. The van der Waals surface area contributed by atoms with Gasteiger partial charge in [0.25, 0.3) is 0 Å². The third-order valence-electron chi connectivity index (χ3n) is 4.95. The fraction of sp³-hybridized carbons (Fsp3) is 0.632. The van der Waals surface area contributed by atoms with Crippen molar-refractivity contribution in [1.82, 2.24) is 10.2 Å². The number of hydrogen-bond donors (Lipinski definition) is 1. The Bertz CT molecular complexity index is 563. The number of nitrogens with one attached hydrogen (secondary N) is 1. The minimum absolute atomic E-state index is 0. The van der Waals surface area contributed by atoms with E-state index in [9.17, 15) is 0 Å². The molecule has 0 amide bonds. The highest BCUT2D eigenvalue weighted by molar-refractivity contribution is 14.0. The van der Waals surface area contributed by atoms with Crippen LogP contribution in [0.15, 0.2) is 29.3 Å². The van der Waals surface area contributed by atoms with Crippen molar-refractivity contribution in [3.63, 3.8) is 0 Å². The number of likely N-dealkylation sites (tertiary alicyclic amines) is 1. The summed E-state index contributed by atoms with van der Waals surface area (Å²) in [5, 5.41) is 3.50. The molecule has 1 atom stereocenters. The van der Waals surface area contributed by atoms with Crippen LogP contribution in [0, 0.1) is 5.92 Å². The molecule has 5 nitrogen and oxygen atoms in total. The fourth-order valence-electron chi connectivity index (χ4n) is 3.34. The maximum Gasteiger partial charge on any atom is 0.193 e. The van der Waals surface area contributed by atoms with E-state index in [1.54, 1.807) is 7.11 Å². The van der Waals surface area contributed by atoms with Gasteiger partial charge in [0, 0.05) is 45.3 Å². The van der Waals surface area contributed by atoms with E-state index >= 15 is 0 Å². The Labute approximate surface area is 168 Å². The van der Waals surface area contributed by atoms with Gasteiger partial charge in [-0.05, 0) is 31.7 Å². The van der Waals surface area contributed by atoms with Crippen molar-refractivity contribution >= 4 is 29.9 Å². The lowest BCUT2D eigenvalue weighted by molar-refractivity contribution is 0.119. The molecule has 1 aromatic carbocycles. The summed E-state index contributed by atoms with van der Waals surface area (Å²) in [4.78, 5) is 6.77. The van der Waals surface area contributed by atoms with Gasteiger partial charge in [-0.2, -0.15) is 0 Å². The number of methoxy groups -OCH3 is 1. The van der Waals surface area contributed by atoms with Crippen molar-refractivity contribution in [3.8, 4) is 5.75 Å². The van der Waals surface area contributed by atoms with Gasteiger partial charge < -0.3 is 19.7 Å². The van der Waals surface area contributed by atoms with Crippen LogP contribution in [0.5, 0.6) is 5.75 Å². The number of hydrogen-bond acceptors (Lipinski definition) is 3. The fourth-order valence-corrected chi connectivity index (χ4v) is 3.34. The zero-order chi connectivity index (χ0) is 16.8. The molecule has 25 heavy (non-hydrogen) atoms. The van der Waals surface area contributed by atoms with Crippen LogP contribution in [0.2, 0.25) is 0 Å². The molecule has 1 heterocycles. The molecule has 6 heteroatoms. The van der Waals surface area contributed by atoms with E-state index in [1.165, 1.54) is 24.8 Å². The summed E-state index contributed by atoms with van der Waals surface area (Å²) in [6.45, 7) is 3.61. The molecule has 1 aromatic rings. The number of guanidine groups is 1. The van der Waals surface area contributed by atoms with E-state index in [2.05, 4.69) is 33.4 Å². The standard InChI is InChI=1S/C19H29N3O2.HI/c1-20-19(22-11-10-15(13-22)14-23-2)21-12-16-6-3-4-9-18(16)24-17-7-5-8-17;/h3-4,6,9,15,17H,5,7-8,10-14H2,1-2H3,(H,20,21);1H. The van der Waals surface area contributed by atoms with Crippen LogP contribution in [-0.2, 0) is 11.3 Å². The predicted molar refractivity (Wildman–Crippen MR) is 112 cm³/mol. The Morgan fingerprint density at radius 3 is 2.76 bits per heavy atom. The van der Waals surface area contributed by atoms with E-state index < -0.39 is 0 Å². The zero-order valence-corrected chi connectivity index (χ0v) is 17.6. The summed E-state index contributed by atoms with van der Waals surface area (Å²) in [7, 11) is 3.62. The Kier molecular flexibility index (Phi) is 8.29. The van der Waals surface area contributed by atoms with Gasteiger partial charge in [-0.1, -0.05) is 18.2 Å². The molecule has 0 bridgehead atoms. The van der Waals surface area contributed by atoms with Crippen molar-refractivity contribution in [2.24, 2.45) is 10.9 Å². The topological polar surface area (TPSA) is 46.1 Å². The Hall–Kier alpha value is -1.02. The molecule has 140 valence electrons. The van der Waals surface area contributed by atoms with E-state index in [0.29, 0.717) is 12.0 Å². The van der Waals surface area contributed by atoms with Crippen LogP contribution >= 0.6 is 24.0 Å². The summed E-state index contributed by atoms with van der Waals surface area (Å²) in [6, 6.07) is 8.31. The van der Waals surface area contributed by atoms with Crippen LogP contribution < -0.4 is 10.1 Å². The molecular weight excluding hydrogens is 429 g/mol. The lowest BCUT2D eigenvalue weighted by atomic mass is 9.96. The van der Waals surface area contributed by atoms with E-state index in [-0.39, 0.29) is 24.0 Å². The molecule has 0 spiro atoms. The molecule has 2 fully saturated rings. The first-order chi connectivity index (χ1) is 11.8. The third kappa shape index (κ3) is 5.48. The molecule has 1 N–H and O–H groups in total. The first-order valence-corrected chi connectivity index (χ1v) is 8.99. The monoisotopic (exact) mass is 459 g/mol. The quantitative estimate of drug-likeness (QED) is 0.403. The molecule has 1 saturated carbocycles. The zero-order valence-electron chi connectivity index (χ0n) is 15.2. The Morgan fingerprint density at radius 1 is 1.28 bits per heavy atom. The third-order valence-corrected chi connectivity index (χ3v) is 4.95. The number of benzene rings is 1. The Balaban J connectivity index is 0.00000225. The van der Waals surface area contributed by atoms with Crippen molar-refractivity contribution in [3.05, 3.63) is 29.8 Å². The molecule has 1 aliphatic heterocycles. The van der Waals surface area contributed by atoms with Gasteiger partial charge in [-0.15, -0.1) is 24.0 Å². The lowest BCUT2D eigenvalue weighted by Crippen LogP contribution is -2.40. The van der Waals surface area contributed by atoms with Crippen LogP contribution in [0.4, 0.5) is 0 Å². The average molecular weight is 459 g/mol. The van der Waals surface area contributed by atoms with Crippen molar-refractivity contribution < 1.29 is 9.47 Å². The number of aliphatic imine (C=N–C) groups is 1. The molecule has 1 unspecified atom stereocenters. The van der Waals surface area contributed by atoms with E-state index in [1.807, 2.05) is 13.1 Å². The maximum absolute atomic E-state index is 6.11. The first kappa shape index (κ1) is 20.3. The van der Waals surface area contributed by atoms with Gasteiger partial charge in [0.15, 0.2) is 5.96 Å². The second-order valence-corrected chi connectivity index (χ2v) is 6.74. The molecule has 3 rings (SSSR count). The number of ether oxygens (including phenoxy) is 2. The number of rotatable bonds is 6. The van der Waals surface area contributed by atoms with Crippen molar-refractivity contribution in [1.29, 1.82) is 0 Å². The number of halogens is 1. The van der Waals surface area contributed by atoms with Gasteiger partial charge in [-0.3, -0.25) is 4.99 Å². The summed E-state index contributed by atoms with van der Waals surface area (Å²) in [5.41, 5.74) is 1.19. The van der Waals surface area contributed by atoms with Crippen LogP contribution in [-0.4, -0.2) is 50.8 Å². The van der Waals surface area contributed by atoms with Gasteiger partial charge in [0.2, 0.25) is 0 Å². The molecule has 2 aliphatic rings. The van der Waals surface area contributed by atoms with E-state index in [4.69, 9.17) is 9.47 Å². The Morgan fingerprint density at radius 2 is 2.08 bits per heavy atom. The molecule has 1 aliphatic carbocycles. The molecule has 0 aromatic heterocycles. The van der Waals surface area contributed by atoms with Crippen LogP contribution in [0.25, 0.3) is 0 Å². The van der Waals surface area contributed by atoms with Crippen molar-refractivity contribution in [2.45, 2.75) is 38.3 Å². The highest BCUT2D eigenvalue weighted by atomic mass is 127. The lowest BCUT2D eigenvalue weighted by Gasteiger charge is -2.28. The van der Waals surface area contributed by atoms with Gasteiger partial charge >= 0.3 is 0 Å². The highest BCUT2D eigenvalue weighted by Gasteiger charge is 2.25. The number of para-hydroxylation sites is 1. The minimum Gasteiger partial charge on any atom is -0.490 e. The van der Waals surface area contributed by atoms with Crippen molar-refractivity contribution in [2.75, 3.05) is 33.9 Å². The van der Waals surface area contributed by atoms with E-state index in [0.717, 1.165) is 44.4 Å². The summed E-state index contributed by atoms with van der Waals surface area (Å²) in [6.07, 6.45) is 5.21. The SMILES string of the molecule is CN=C(NCc1ccccc1OC1CCC1)N1CCC(COC)C1.I. The normalized spacial score (nSPS) is 20.8. The summed E-state index contributed by atoms with van der Waals surface area (Å²) in [5.74, 6) is 2.57. The van der Waals surface area contributed by atoms with Gasteiger partial charge in [0.1, 0.15) is 5.75 Å². The average Bonchev–Trinajstić information content (AvgIpc) is 3.01. The molecular formula is C19H30IN3O2. The molecule has 1 saturated heterocycles. The van der Waals surface area contributed by atoms with Gasteiger partial charge in [-0.25, -0.2) is 0 Å². The largest absolute Gasteiger partial charge is 0.490 e. The maximum atomic E-state index is 6.11. The highest BCUT2D eigenvalue weighted by Crippen LogP contribution is 2.27. The predicted octanol–water partition coefficient (Wildman–Crippen LogP) is 3.28. The molecule has 0 radical (unpaired) electrons. The smallest absolute Gasteiger partial charge is 0.193 e. The summed E-state index contributed by atoms with van der Waals surface area (Å²) < 4.78 is 11.4. The summed E-state index contributed by atoms with van der Waals surface area (Å²) >= 11 is 0. The number of nitrogens with zero attached hydrogens (tertiary/aromatic N) is 2. The first-order valence-electron chi connectivity index (χ1n) is 8.99. The van der Waals surface area contributed by atoms with Crippen LogP contribution in [0.1, 0.15) is 31.2 Å².